The molecule has 1 fully saturated rings. The maximum Gasteiger partial charge on any atom is 0.0815 e. The molecule has 0 bridgehead atoms. The van der Waals surface area contributed by atoms with Gasteiger partial charge in [0.2, 0.25) is 0 Å². The molecular formula is C9H14O. The number of rotatable bonds is 2. The first-order valence-corrected chi connectivity index (χ1v) is 3.75. The number of ether oxygens (including phenoxy) is 1. The van der Waals surface area contributed by atoms with E-state index in [4.69, 9.17) is 4.74 Å². The summed E-state index contributed by atoms with van der Waals surface area (Å²) in [6.45, 7) is 8.34. The molecule has 0 amide bonds. The minimum Gasteiger partial charge on any atom is -0.374 e. The van der Waals surface area contributed by atoms with E-state index in [0.29, 0.717) is 5.92 Å². The summed E-state index contributed by atoms with van der Waals surface area (Å²) in [6.07, 6.45) is 6.39. The molecule has 10 heavy (non-hydrogen) atoms. The summed E-state index contributed by atoms with van der Waals surface area (Å²) in [6, 6.07) is 0. The Hall–Kier alpha value is -0.560. The zero-order valence-corrected chi connectivity index (χ0v) is 6.25. The molecular weight excluding hydrogens is 124 g/mol. The van der Waals surface area contributed by atoms with E-state index in [1.807, 2.05) is 12.2 Å². The second-order valence-electron chi connectivity index (χ2n) is 2.61. The van der Waals surface area contributed by atoms with Crippen LogP contribution in [0.25, 0.3) is 0 Å². The molecule has 0 saturated carbocycles. The predicted octanol–water partition coefficient (Wildman–Crippen LogP) is 2.15. The molecule has 1 aliphatic heterocycles. The van der Waals surface area contributed by atoms with Gasteiger partial charge >= 0.3 is 0 Å². The van der Waals surface area contributed by atoms with E-state index in [1.54, 1.807) is 0 Å². The number of hydrogen-bond acceptors (Lipinski definition) is 1. The van der Waals surface area contributed by atoms with Gasteiger partial charge in [-0.05, 0) is 12.8 Å². The van der Waals surface area contributed by atoms with Gasteiger partial charge in [-0.2, -0.15) is 0 Å². The summed E-state index contributed by atoms with van der Waals surface area (Å²) in [5.74, 6) is 0.492. The Balaban J connectivity index is 2.49. The molecule has 1 rings (SSSR count). The molecule has 2 atom stereocenters. The van der Waals surface area contributed by atoms with Gasteiger partial charge in [-0.25, -0.2) is 0 Å². The third-order valence-corrected chi connectivity index (χ3v) is 1.95. The van der Waals surface area contributed by atoms with Crippen LogP contribution in [0.4, 0.5) is 0 Å². The van der Waals surface area contributed by atoms with Crippen molar-refractivity contribution in [2.75, 3.05) is 6.61 Å². The summed E-state index contributed by atoms with van der Waals surface area (Å²) < 4.78 is 5.44. The van der Waals surface area contributed by atoms with Gasteiger partial charge in [0.1, 0.15) is 0 Å². The quantitative estimate of drug-likeness (QED) is 0.531. The van der Waals surface area contributed by atoms with Crippen molar-refractivity contribution in [3.8, 4) is 0 Å². The second-order valence-corrected chi connectivity index (χ2v) is 2.61. The highest BCUT2D eigenvalue weighted by Gasteiger charge is 2.19. The Morgan fingerprint density at radius 1 is 1.30 bits per heavy atom. The fourth-order valence-electron chi connectivity index (χ4n) is 1.32. The van der Waals surface area contributed by atoms with E-state index in [0.717, 1.165) is 13.0 Å². The van der Waals surface area contributed by atoms with Gasteiger partial charge in [-0.3, -0.25) is 0 Å². The number of hydrogen-bond donors (Lipinski definition) is 0. The maximum absolute atomic E-state index is 5.44. The van der Waals surface area contributed by atoms with Crippen LogP contribution >= 0.6 is 0 Å². The van der Waals surface area contributed by atoms with Crippen molar-refractivity contribution in [2.24, 2.45) is 5.92 Å². The average Bonchev–Trinajstić information content (AvgIpc) is 2.04. The van der Waals surface area contributed by atoms with Gasteiger partial charge in [-0.1, -0.05) is 12.2 Å². The zero-order chi connectivity index (χ0) is 7.40. The molecule has 0 radical (unpaired) electrons. The molecule has 0 aliphatic carbocycles. The molecule has 1 heterocycles. The van der Waals surface area contributed by atoms with E-state index in [1.165, 1.54) is 6.42 Å². The SMILES string of the molecule is C=CC1CCCOC1C=C. The molecule has 56 valence electrons. The van der Waals surface area contributed by atoms with Crippen LogP contribution in [-0.2, 0) is 4.74 Å². The second kappa shape index (κ2) is 3.57. The van der Waals surface area contributed by atoms with Gasteiger partial charge < -0.3 is 4.74 Å². The molecule has 0 N–H and O–H groups in total. The van der Waals surface area contributed by atoms with Crippen molar-refractivity contribution < 1.29 is 4.74 Å². The normalized spacial score (nSPS) is 33.2. The van der Waals surface area contributed by atoms with Crippen molar-refractivity contribution in [1.29, 1.82) is 0 Å². The Bertz CT molecular complexity index is 113. The monoisotopic (exact) mass is 138 g/mol. The predicted molar refractivity (Wildman–Crippen MR) is 42.9 cm³/mol. The zero-order valence-electron chi connectivity index (χ0n) is 6.25. The lowest BCUT2D eigenvalue weighted by molar-refractivity contribution is 0.0200. The molecule has 1 heteroatoms. The van der Waals surface area contributed by atoms with Gasteiger partial charge in [0, 0.05) is 12.5 Å². The minimum absolute atomic E-state index is 0.214. The molecule has 1 nitrogen and oxygen atoms in total. The van der Waals surface area contributed by atoms with E-state index in [2.05, 4.69) is 13.2 Å². The van der Waals surface area contributed by atoms with Crippen LogP contribution in [0.3, 0.4) is 0 Å². The summed E-state index contributed by atoms with van der Waals surface area (Å²) in [5, 5.41) is 0. The molecule has 1 aliphatic rings. The van der Waals surface area contributed by atoms with Crippen LogP contribution in [-0.4, -0.2) is 12.7 Å². The molecule has 0 aromatic carbocycles. The lowest BCUT2D eigenvalue weighted by atomic mass is 9.95. The Kier molecular flexibility index (Phi) is 2.69. The highest BCUT2D eigenvalue weighted by atomic mass is 16.5. The minimum atomic E-state index is 0.214. The highest BCUT2D eigenvalue weighted by molar-refractivity contribution is 4.95. The summed E-state index contributed by atoms with van der Waals surface area (Å²) in [7, 11) is 0. The Morgan fingerprint density at radius 3 is 2.60 bits per heavy atom. The Morgan fingerprint density at radius 2 is 2.10 bits per heavy atom. The maximum atomic E-state index is 5.44. The van der Waals surface area contributed by atoms with Crippen molar-refractivity contribution in [3.05, 3.63) is 25.3 Å². The van der Waals surface area contributed by atoms with Crippen molar-refractivity contribution in [3.63, 3.8) is 0 Å². The van der Waals surface area contributed by atoms with Crippen molar-refractivity contribution in [2.45, 2.75) is 18.9 Å². The molecule has 0 aromatic heterocycles. The highest BCUT2D eigenvalue weighted by Crippen LogP contribution is 2.21. The van der Waals surface area contributed by atoms with Gasteiger partial charge in [0.05, 0.1) is 6.10 Å². The first-order valence-electron chi connectivity index (χ1n) is 3.75. The Labute approximate surface area is 62.4 Å². The topological polar surface area (TPSA) is 9.23 Å². The first-order chi connectivity index (χ1) is 4.88. The van der Waals surface area contributed by atoms with Crippen LogP contribution in [0.1, 0.15) is 12.8 Å². The summed E-state index contributed by atoms with van der Waals surface area (Å²) >= 11 is 0. The first kappa shape index (κ1) is 7.55. The van der Waals surface area contributed by atoms with Gasteiger partial charge in [-0.15, -0.1) is 13.2 Å². The van der Waals surface area contributed by atoms with E-state index in [9.17, 15) is 0 Å². The molecule has 1 saturated heterocycles. The lowest BCUT2D eigenvalue weighted by Crippen LogP contribution is -2.25. The van der Waals surface area contributed by atoms with Gasteiger partial charge in [0.25, 0.3) is 0 Å². The summed E-state index contributed by atoms with van der Waals surface area (Å²) in [4.78, 5) is 0. The van der Waals surface area contributed by atoms with Gasteiger partial charge in [0.15, 0.2) is 0 Å². The largest absolute Gasteiger partial charge is 0.374 e. The molecule has 0 spiro atoms. The van der Waals surface area contributed by atoms with E-state index >= 15 is 0 Å². The fourth-order valence-corrected chi connectivity index (χ4v) is 1.32. The lowest BCUT2D eigenvalue weighted by Gasteiger charge is -2.26. The van der Waals surface area contributed by atoms with Crippen molar-refractivity contribution in [1.82, 2.24) is 0 Å². The van der Waals surface area contributed by atoms with Crippen LogP contribution in [0.5, 0.6) is 0 Å². The van der Waals surface area contributed by atoms with Crippen LogP contribution in [0.2, 0.25) is 0 Å². The smallest absolute Gasteiger partial charge is 0.0815 e. The van der Waals surface area contributed by atoms with E-state index < -0.39 is 0 Å². The molecule has 2 unspecified atom stereocenters. The summed E-state index contributed by atoms with van der Waals surface area (Å²) in [5.41, 5.74) is 0. The van der Waals surface area contributed by atoms with Crippen LogP contribution in [0.15, 0.2) is 25.3 Å². The average molecular weight is 138 g/mol. The third-order valence-electron chi connectivity index (χ3n) is 1.95. The van der Waals surface area contributed by atoms with Crippen LogP contribution in [0, 0.1) is 5.92 Å². The fraction of sp³-hybridized carbons (Fsp3) is 0.556. The standard InChI is InChI=1S/C9H14O/c1-3-8-6-5-7-10-9(8)4-2/h3-4,8-9H,1-2,5-7H2. The van der Waals surface area contributed by atoms with Crippen molar-refractivity contribution >= 4 is 0 Å². The van der Waals surface area contributed by atoms with Crippen LogP contribution < -0.4 is 0 Å². The molecule has 0 aromatic rings. The third kappa shape index (κ3) is 1.48. The van der Waals surface area contributed by atoms with E-state index in [-0.39, 0.29) is 6.10 Å².